The van der Waals surface area contributed by atoms with Gasteiger partial charge in [-0.1, -0.05) is 23.7 Å². The molecule has 1 aromatic heterocycles. The average Bonchev–Trinajstić information content (AvgIpc) is 2.48. The van der Waals surface area contributed by atoms with Crippen molar-refractivity contribution < 1.29 is 14.6 Å². The Labute approximate surface area is 127 Å². The zero-order valence-corrected chi connectivity index (χ0v) is 12.5. The van der Waals surface area contributed by atoms with E-state index in [2.05, 4.69) is 10.3 Å². The number of carbonyl (C=O) groups excluding carboxylic acids is 1. The van der Waals surface area contributed by atoms with Crippen LogP contribution in [0.25, 0.3) is 10.9 Å². The van der Waals surface area contributed by atoms with Crippen molar-refractivity contribution >= 4 is 34.2 Å². The number of aliphatic hydroxyl groups excluding tert-OH is 1. The van der Waals surface area contributed by atoms with Gasteiger partial charge in [-0.15, -0.1) is 0 Å². The molecule has 1 heterocycles. The maximum absolute atomic E-state index is 12.0. The summed E-state index contributed by atoms with van der Waals surface area (Å²) in [5.41, 5.74) is 1.62. The molecule has 2 rings (SSSR count). The third kappa shape index (κ3) is 3.43. The highest BCUT2D eigenvalue weighted by atomic mass is 35.5. The molecule has 0 aliphatic carbocycles. The molecule has 0 unspecified atom stereocenters. The number of fused-ring (bicyclic) bond motifs is 1. The van der Waals surface area contributed by atoms with E-state index in [0.717, 1.165) is 5.39 Å². The first-order valence-electron chi connectivity index (χ1n) is 6.78. The van der Waals surface area contributed by atoms with E-state index < -0.39 is 5.97 Å². The predicted octanol–water partition coefficient (Wildman–Crippen LogP) is 2.86. The molecule has 0 atom stereocenters. The lowest BCUT2D eigenvalue weighted by molar-refractivity contribution is 0.0527. The molecule has 0 spiro atoms. The summed E-state index contributed by atoms with van der Waals surface area (Å²) in [5, 5.41) is 13.3. The van der Waals surface area contributed by atoms with Gasteiger partial charge in [0.15, 0.2) is 0 Å². The van der Waals surface area contributed by atoms with Gasteiger partial charge in [-0.3, -0.25) is 4.98 Å². The highest BCUT2D eigenvalue weighted by Gasteiger charge is 2.17. The van der Waals surface area contributed by atoms with Gasteiger partial charge in [0.25, 0.3) is 0 Å². The Hall–Kier alpha value is -1.85. The second kappa shape index (κ2) is 7.24. The molecule has 6 heteroatoms. The van der Waals surface area contributed by atoms with Gasteiger partial charge in [0.05, 0.1) is 22.8 Å². The molecule has 0 bridgehead atoms. The quantitative estimate of drug-likeness (QED) is 0.634. The van der Waals surface area contributed by atoms with Crippen molar-refractivity contribution in [2.24, 2.45) is 0 Å². The highest BCUT2D eigenvalue weighted by Crippen LogP contribution is 2.30. The maximum atomic E-state index is 12.0. The molecular formula is C15H17ClN2O3. The van der Waals surface area contributed by atoms with Crippen LogP contribution < -0.4 is 5.32 Å². The summed E-state index contributed by atoms with van der Waals surface area (Å²) in [4.78, 5) is 16.3. The van der Waals surface area contributed by atoms with Crippen molar-refractivity contribution in [3.63, 3.8) is 0 Å². The Kier molecular flexibility index (Phi) is 5.36. The van der Waals surface area contributed by atoms with Crippen molar-refractivity contribution in [1.82, 2.24) is 4.98 Å². The Morgan fingerprint density at radius 1 is 1.48 bits per heavy atom. The summed E-state index contributed by atoms with van der Waals surface area (Å²) in [7, 11) is 0. The summed E-state index contributed by atoms with van der Waals surface area (Å²) >= 11 is 6.14. The largest absolute Gasteiger partial charge is 0.462 e. The molecule has 0 saturated carbocycles. The fraction of sp³-hybridized carbons (Fsp3) is 0.333. The summed E-state index contributed by atoms with van der Waals surface area (Å²) in [5.74, 6) is -0.432. The van der Waals surface area contributed by atoms with Crippen LogP contribution in [0.2, 0.25) is 5.02 Å². The molecule has 0 amide bonds. The maximum Gasteiger partial charge on any atom is 0.341 e. The number of para-hydroxylation sites is 1. The first-order valence-corrected chi connectivity index (χ1v) is 7.16. The number of aliphatic hydroxyl groups is 1. The van der Waals surface area contributed by atoms with Gasteiger partial charge in [0.2, 0.25) is 0 Å². The van der Waals surface area contributed by atoms with Gasteiger partial charge in [0.1, 0.15) is 5.56 Å². The van der Waals surface area contributed by atoms with E-state index in [4.69, 9.17) is 21.4 Å². The number of anilines is 1. The first kappa shape index (κ1) is 15.5. The van der Waals surface area contributed by atoms with Crippen LogP contribution in [0.3, 0.4) is 0 Å². The summed E-state index contributed by atoms with van der Waals surface area (Å²) in [6, 6.07) is 5.40. The van der Waals surface area contributed by atoms with Gasteiger partial charge >= 0.3 is 5.97 Å². The minimum Gasteiger partial charge on any atom is -0.462 e. The molecule has 112 valence electrons. The van der Waals surface area contributed by atoms with Crippen molar-refractivity contribution in [3.8, 4) is 0 Å². The van der Waals surface area contributed by atoms with Crippen LogP contribution in [-0.4, -0.2) is 35.8 Å². The molecule has 5 nitrogen and oxygen atoms in total. The minimum absolute atomic E-state index is 0.0749. The second-order valence-corrected chi connectivity index (χ2v) is 4.81. The molecular weight excluding hydrogens is 292 g/mol. The number of pyridine rings is 1. The third-order valence-corrected chi connectivity index (χ3v) is 3.29. The van der Waals surface area contributed by atoms with E-state index in [1.54, 1.807) is 19.1 Å². The SMILES string of the molecule is CCOC(=O)c1cnc2c(Cl)cccc2c1NCCCO. The Bertz CT molecular complexity index is 646. The number of nitrogens with one attached hydrogen (secondary N) is 1. The normalized spacial score (nSPS) is 10.6. The number of carbonyl (C=O) groups is 1. The lowest BCUT2D eigenvalue weighted by Crippen LogP contribution is -2.12. The van der Waals surface area contributed by atoms with Crippen LogP contribution in [0.4, 0.5) is 5.69 Å². The summed E-state index contributed by atoms with van der Waals surface area (Å²) in [6.45, 7) is 2.66. The molecule has 0 fully saturated rings. The van der Waals surface area contributed by atoms with Crippen LogP contribution in [-0.2, 0) is 4.74 Å². The zero-order valence-electron chi connectivity index (χ0n) is 11.7. The molecule has 21 heavy (non-hydrogen) atoms. The van der Waals surface area contributed by atoms with E-state index in [-0.39, 0.29) is 6.61 Å². The van der Waals surface area contributed by atoms with Crippen molar-refractivity contribution in [2.75, 3.05) is 25.1 Å². The zero-order chi connectivity index (χ0) is 15.2. The molecule has 2 aromatic rings. The van der Waals surface area contributed by atoms with E-state index in [1.807, 2.05) is 6.07 Å². The lowest BCUT2D eigenvalue weighted by atomic mass is 10.1. The molecule has 1 aromatic carbocycles. The van der Waals surface area contributed by atoms with Gasteiger partial charge in [-0.25, -0.2) is 4.79 Å². The molecule has 0 saturated heterocycles. The number of rotatable bonds is 6. The van der Waals surface area contributed by atoms with Gasteiger partial charge in [0, 0.05) is 24.7 Å². The third-order valence-electron chi connectivity index (χ3n) is 2.98. The van der Waals surface area contributed by atoms with Crippen molar-refractivity contribution in [2.45, 2.75) is 13.3 Å². The summed E-state index contributed by atoms with van der Waals surface area (Å²) in [6.07, 6.45) is 2.04. The second-order valence-electron chi connectivity index (χ2n) is 4.41. The highest BCUT2D eigenvalue weighted by molar-refractivity contribution is 6.35. The number of hydrogen-bond donors (Lipinski definition) is 2. The van der Waals surface area contributed by atoms with Gasteiger partial charge < -0.3 is 15.2 Å². The average molecular weight is 309 g/mol. The predicted molar refractivity (Wildman–Crippen MR) is 82.9 cm³/mol. The molecule has 0 aliphatic heterocycles. The Morgan fingerprint density at radius 2 is 2.29 bits per heavy atom. The number of aromatic nitrogens is 1. The number of ether oxygens (including phenoxy) is 1. The van der Waals surface area contributed by atoms with E-state index in [0.29, 0.717) is 41.4 Å². The lowest BCUT2D eigenvalue weighted by Gasteiger charge is -2.14. The number of hydrogen-bond acceptors (Lipinski definition) is 5. The number of halogens is 1. The number of benzene rings is 1. The smallest absolute Gasteiger partial charge is 0.341 e. The molecule has 0 aliphatic rings. The Morgan fingerprint density at radius 3 is 3.00 bits per heavy atom. The fourth-order valence-corrected chi connectivity index (χ4v) is 2.26. The monoisotopic (exact) mass is 308 g/mol. The van der Waals surface area contributed by atoms with Gasteiger partial charge in [-0.05, 0) is 19.4 Å². The van der Waals surface area contributed by atoms with E-state index in [1.165, 1.54) is 6.20 Å². The van der Waals surface area contributed by atoms with Gasteiger partial charge in [-0.2, -0.15) is 0 Å². The number of nitrogens with zero attached hydrogens (tertiary/aromatic N) is 1. The van der Waals surface area contributed by atoms with Crippen LogP contribution in [0.5, 0.6) is 0 Å². The van der Waals surface area contributed by atoms with E-state index >= 15 is 0 Å². The topological polar surface area (TPSA) is 71.5 Å². The Balaban J connectivity index is 2.51. The van der Waals surface area contributed by atoms with Crippen molar-refractivity contribution in [3.05, 3.63) is 35.0 Å². The van der Waals surface area contributed by atoms with Crippen LogP contribution in [0.1, 0.15) is 23.7 Å². The first-order chi connectivity index (χ1) is 10.2. The fourth-order valence-electron chi connectivity index (χ4n) is 2.03. The van der Waals surface area contributed by atoms with Crippen LogP contribution in [0.15, 0.2) is 24.4 Å². The summed E-state index contributed by atoms with van der Waals surface area (Å²) < 4.78 is 5.05. The standard InChI is InChI=1S/C15H17ClN2O3/c1-2-21-15(20)11-9-18-14-10(5-3-6-12(14)16)13(11)17-7-4-8-19/h3,5-6,9,19H,2,4,7-8H2,1H3,(H,17,18). The van der Waals surface area contributed by atoms with Crippen molar-refractivity contribution in [1.29, 1.82) is 0 Å². The minimum atomic E-state index is -0.432. The van der Waals surface area contributed by atoms with Crippen LogP contribution in [0, 0.1) is 0 Å². The molecule has 2 N–H and O–H groups in total. The number of esters is 1. The van der Waals surface area contributed by atoms with Crippen LogP contribution >= 0.6 is 11.6 Å². The van der Waals surface area contributed by atoms with E-state index in [9.17, 15) is 4.79 Å². The molecule has 0 radical (unpaired) electrons.